The van der Waals surface area contributed by atoms with Crippen LogP contribution in [0.25, 0.3) is 0 Å². The lowest BCUT2D eigenvalue weighted by molar-refractivity contribution is 0.190. The Labute approximate surface area is 118 Å². The van der Waals surface area contributed by atoms with E-state index in [1.165, 1.54) is 12.0 Å². The SMILES string of the molecule is CCCNC(CN(C)Cc1cccnc1)C(C)(C)C. The van der Waals surface area contributed by atoms with Crippen LogP contribution in [0.15, 0.2) is 24.5 Å². The van der Waals surface area contributed by atoms with Gasteiger partial charge in [0.2, 0.25) is 0 Å². The summed E-state index contributed by atoms with van der Waals surface area (Å²) in [4.78, 5) is 6.54. The van der Waals surface area contributed by atoms with Gasteiger partial charge in [0, 0.05) is 31.5 Å². The summed E-state index contributed by atoms with van der Waals surface area (Å²) in [6.45, 7) is 12.2. The summed E-state index contributed by atoms with van der Waals surface area (Å²) >= 11 is 0. The molecule has 3 heteroatoms. The van der Waals surface area contributed by atoms with Crippen LogP contribution < -0.4 is 5.32 Å². The fourth-order valence-electron chi connectivity index (χ4n) is 2.14. The van der Waals surface area contributed by atoms with Crippen molar-refractivity contribution in [1.29, 1.82) is 0 Å². The Kier molecular flexibility index (Phi) is 6.46. The molecule has 1 atom stereocenters. The first-order valence-electron chi connectivity index (χ1n) is 7.24. The largest absolute Gasteiger partial charge is 0.312 e. The lowest BCUT2D eigenvalue weighted by Gasteiger charge is -2.35. The number of aromatic nitrogens is 1. The third kappa shape index (κ3) is 6.17. The molecule has 0 bridgehead atoms. The van der Waals surface area contributed by atoms with E-state index < -0.39 is 0 Å². The van der Waals surface area contributed by atoms with Crippen molar-refractivity contribution in [3.05, 3.63) is 30.1 Å². The average Bonchev–Trinajstić information content (AvgIpc) is 2.34. The highest BCUT2D eigenvalue weighted by atomic mass is 15.1. The lowest BCUT2D eigenvalue weighted by atomic mass is 9.86. The zero-order chi connectivity index (χ0) is 14.3. The standard InChI is InChI=1S/C16H29N3/c1-6-9-18-15(16(2,3)4)13-19(5)12-14-8-7-10-17-11-14/h7-8,10-11,15,18H,6,9,12-13H2,1-5H3. The van der Waals surface area contributed by atoms with Gasteiger partial charge in [-0.05, 0) is 37.1 Å². The first kappa shape index (κ1) is 16.1. The molecular weight excluding hydrogens is 234 g/mol. The van der Waals surface area contributed by atoms with Crippen LogP contribution in [0.2, 0.25) is 0 Å². The van der Waals surface area contributed by atoms with Gasteiger partial charge in [-0.3, -0.25) is 4.98 Å². The van der Waals surface area contributed by atoms with Gasteiger partial charge >= 0.3 is 0 Å². The lowest BCUT2D eigenvalue weighted by Crippen LogP contribution is -2.47. The van der Waals surface area contributed by atoms with Crippen LogP contribution in [0.4, 0.5) is 0 Å². The van der Waals surface area contributed by atoms with Crippen LogP contribution >= 0.6 is 0 Å². The Morgan fingerprint density at radius 2 is 2.11 bits per heavy atom. The van der Waals surface area contributed by atoms with E-state index in [9.17, 15) is 0 Å². The second kappa shape index (κ2) is 7.61. The molecule has 1 unspecified atom stereocenters. The molecule has 0 aliphatic carbocycles. The highest BCUT2D eigenvalue weighted by molar-refractivity contribution is 5.08. The highest BCUT2D eigenvalue weighted by Crippen LogP contribution is 2.20. The number of nitrogens with zero attached hydrogens (tertiary/aromatic N) is 2. The van der Waals surface area contributed by atoms with E-state index >= 15 is 0 Å². The molecule has 0 radical (unpaired) electrons. The summed E-state index contributed by atoms with van der Waals surface area (Å²) in [6, 6.07) is 4.64. The molecule has 0 aliphatic heterocycles. The summed E-state index contributed by atoms with van der Waals surface area (Å²) in [7, 11) is 2.18. The van der Waals surface area contributed by atoms with Crippen molar-refractivity contribution in [2.75, 3.05) is 20.1 Å². The van der Waals surface area contributed by atoms with Crippen LogP contribution in [0.1, 0.15) is 39.7 Å². The average molecular weight is 263 g/mol. The fourth-order valence-corrected chi connectivity index (χ4v) is 2.14. The number of hydrogen-bond donors (Lipinski definition) is 1. The zero-order valence-corrected chi connectivity index (χ0v) is 13.1. The monoisotopic (exact) mass is 263 g/mol. The molecule has 1 aromatic rings. The third-order valence-electron chi connectivity index (χ3n) is 3.36. The summed E-state index contributed by atoms with van der Waals surface area (Å²) in [5, 5.41) is 3.67. The summed E-state index contributed by atoms with van der Waals surface area (Å²) in [6.07, 6.45) is 4.95. The van der Waals surface area contributed by atoms with Gasteiger partial charge in [-0.25, -0.2) is 0 Å². The van der Waals surface area contributed by atoms with E-state index in [0.29, 0.717) is 6.04 Å². The highest BCUT2D eigenvalue weighted by Gasteiger charge is 2.24. The van der Waals surface area contributed by atoms with Crippen LogP contribution in [0, 0.1) is 5.41 Å². The second-order valence-electron chi connectivity index (χ2n) is 6.43. The first-order chi connectivity index (χ1) is 8.93. The van der Waals surface area contributed by atoms with Crippen molar-refractivity contribution < 1.29 is 0 Å². The topological polar surface area (TPSA) is 28.2 Å². The smallest absolute Gasteiger partial charge is 0.0312 e. The van der Waals surface area contributed by atoms with E-state index in [-0.39, 0.29) is 5.41 Å². The van der Waals surface area contributed by atoms with Crippen molar-refractivity contribution in [2.24, 2.45) is 5.41 Å². The normalized spacial score (nSPS) is 13.8. The van der Waals surface area contributed by atoms with Crippen LogP contribution in [-0.4, -0.2) is 36.1 Å². The maximum Gasteiger partial charge on any atom is 0.0312 e. The Hall–Kier alpha value is -0.930. The Bertz CT molecular complexity index is 343. The van der Waals surface area contributed by atoms with Gasteiger partial charge in [-0.1, -0.05) is 33.8 Å². The minimum atomic E-state index is 0.276. The molecule has 0 fully saturated rings. The molecule has 0 amide bonds. The third-order valence-corrected chi connectivity index (χ3v) is 3.36. The fraction of sp³-hybridized carbons (Fsp3) is 0.688. The number of pyridine rings is 1. The quantitative estimate of drug-likeness (QED) is 0.820. The number of hydrogen-bond acceptors (Lipinski definition) is 3. The molecule has 1 aromatic heterocycles. The van der Waals surface area contributed by atoms with Crippen molar-refractivity contribution in [2.45, 2.75) is 46.7 Å². The van der Waals surface area contributed by atoms with E-state index in [1.54, 1.807) is 0 Å². The minimum absolute atomic E-state index is 0.276. The molecule has 1 N–H and O–H groups in total. The van der Waals surface area contributed by atoms with E-state index in [4.69, 9.17) is 0 Å². The summed E-state index contributed by atoms with van der Waals surface area (Å²) in [5.41, 5.74) is 1.55. The number of rotatable bonds is 7. The van der Waals surface area contributed by atoms with Crippen LogP contribution in [0.5, 0.6) is 0 Å². The molecule has 0 saturated carbocycles. The van der Waals surface area contributed by atoms with Gasteiger partial charge in [0.1, 0.15) is 0 Å². The van der Waals surface area contributed by atoms with E-state index in [0.717, 1.165) is 19.6 Å². The number of nitrogens with one attached hydrogen (secondary N) is 1. The second-order valence-corrected chi connectivity index (χ2v) is 6.43. The van der Waals surface area contributed by atoms with Gasteiger partial charge in [0.15, 0.2) is 0 Å². The molecule has 0 spiro atoms. The van der Waals surface area contributed by atoms with Gasteiger partial charge in [-0.15, -0.1) is 0 Å². The minimum Gasteiger partial charge on any atom is -0.312 e. The van der Waals surface area contributed by atoms with E-state index in [2.05, 4.69) is 56.0 Å². The Balaban J connectivity index is 2.53. The molecular formula is C16H29N3. The molecule has 108 valence electrons. The van der Waals surface area contributed by atoms with Crippen molar-refractivity contribution in [3.63, 3.8) is 0 Å². The summed E-state index contributed by atoms with van der Waals surface area (Å²) < 4.78 is 0. The van der Waals surface area contributed by atoms with Crippen LogP contribution in [-0.2, 0) is 6.54 Å². The van der Waals surface area contributed by atoms with E-state index in [1.807, 2.05) is 18.5 Å². The zero-order valence-electron chi connectivity index (χ0n) is 13.1. The van der Waals surface area contributed by atoms with Crippen molar-refractivity contribution >= 4 is 0 Å². The Morgan fingerprint density at radius 3 is 2.63 bits per heavy atom. The predicted molar refractivity (Wildman–Crippen MR) is 82.1 cm³/mol. The maximum absolute atomic E-state index is 4.17. The molecule has 0 aliphatic rings. The molecule has 3 nitrogen and oxygen atoms in total. The molecule has 0 saturated heterocycles. The molecule has 0 aromatic carbocycles. The predicted octanol–water partition coefficient (Wildman–Crippen LogP) is 2.93. The maximum atomic E-state index is 4.17. The van der Waals surface area contributed by atoms with Crippen LogP contribution in [0.3, 0.4) is 0 Å². The van der Waals surface area contributed by atoms with Gasteiger partial charge < -0.3 is 10.2 Å². The molecule has 1 rings (SSSR count). The van der Waals surface area contributed by atoms with Crippen molar-refractivity contribution in [3.8, 4) is 0 Å². The summed E-state index contributed by atoms with van der Waals surface area (Å²) in [5.74, 6) is 0. The first-order valence-corrected chi connectivity index (χ1v) is 7.24. The molecule has 19 heavy (non-hydrogen) atoms. The Morgan fingerprint density at radius 1 is 1.37 bits per heavy atom. The number of likely N-dealkylation sites (N-methyl/N-ethyl adjacent to an activating group) is 1. The van der Waals surface area contributed by atoms with Crippen molar-refractivity contribution in [1.82, 2.24) is 15.2 Å². The molecule has 1 heterocycles. The van der Waals surface area contributed by atoms with Gasteiger partial charge in [-0.2, -0.15) is 0 Å². The van der Waals surface area contributed by atoms with Gasteiger partial charge in [0.05, 0.1) is 0 Å². The van der Waals surface area contributed by atoms with Gasteiger partial charge in [0.25, 0.3) is 0 Å².